The number of aromatic nitrogens is 3. The second kappa shape index (κ2) is 8.39. The molecule has 0 aliphatic carbocycles. The van der Waals surface area contributed by atoms with E-state index in [1.54, 1.807) is 23.0 Å². The minimum absolute atomic E-state index is 0.0245. The van der Waals surface area contributed by atoms with Crippen molar-refractivity contribution in [3.63, 3.8) is 0 Å². The Labute approximate surface area is 163 Å². The fourth-order valence-electron chi connectivity index (χ4n) is 2.93. The van der Waals surface area contributed by atoms with E-state index in [4.69, 9.17) is 12.2 Å². The maximum absolute atomic E-state index is 13.0. The molecule has 1 heterocycles. The molecule has 6 heteroatoms. The Morgan fingerprint density at radius 1 is 1.11 bits per heavy atom. The van der Waals surface area contributed by atoms with Crippen LogP contribution in [0.25, 0.3) is 0 Å². The van der Waals surface area contributed by atoms with Gasteiger partial charge in [-0.3, -0.25) is 5.10 Å². The number of H-pyrrole nitrogens is 1. The molecule has 4 nitrogen and oxygen atoms in total. The molecule has 0 amide bonds. The highest BCUT2D eigenvalue weighted by atomic mass is 32.1. The molecule has 3 rings (SSSR count). The minimum Gasteiger partial charge on any atom is -0.250 e. The summed E-state index contributed by atoms with van der Waals surface area (Å²) in [5.41, 5.74) is 3.26. The lowest BCUT2D eigenvalue weighted by molar-refractivity contribution is 0.628. The van der Waals surface area contributed by atoms with Crippen molar-refractivity contribution < 1.29 is 4.39 Å². The van der Waals surface area contributed by atoms with E-state index in [1.807, 2.05) is 0 Å². The maximum atomic E-state index is 13.0. The van der Waals surface area contributed by atoms with Gasteiger partial charge in [-0.1, -0.05) is 57.2 Å². The van der Waals surface area contributed by atoms with Crippen molar-refractivity contribution in [2.24, 2.45) is 11.0 Å². The highest BCUT2D eigenvalue weighted by molar-refractivity contribution is 7.71. The topological polar surface area (TPSA) is 46.0 Å². The second-order valence-corrected chi connectivity index (χ2v) is 7.44. The van der Waals surface area contributed by atoms with E-state index in [1.165, 1.54) is 17.7 Å². The second-order valence-electron chi connectivity index (χ2n) is 7.06. The minimum atomic E-state index is -0.276. The van der Waals surface area contributed by atoms with Gasteiger partial charge < -0.3 is 0 Å². The Hall–Kier alpha value is -2.60. The van der Waals surface area contributed by atoms with E-state index < -0.39 is 0 Å². The van der Waals surface area contributed by atoms with E-state index in [-0.39, 0.29) is 11.7 Å². The Balaban J connectivity index is 1.84. The summed E-state index contributed by atoms with van der Waals surface area (Å²) in [4.78, 5) is 0. The van der Waals surface area contributed by atoms with Gasteiger partial charge in [0.1, 0.15) is 5.82 Å². The molecule has 2 aromatic carbocycles. The van der Waals surface area contributed by atoms with Gasteiger partial charge >= 0.3 is 0 Å². The van der Waals surface area contributed by atoms with Gasteiger partial charge in [0.25, 0.3) is 0 Å². The van der Waals surface area contributed by atoms with Crippen molar-refractivity contribution in [3.05, 3.63) is 81.6 Å². The molecule has 27 heavy (non-hydrogen) atoms. The predicted octanol–water partition coefficient (Wildman–Crippen LogP) is 5.31. The molecule has 0 saturated heterocycles. The molecule has 0 saturated carbocycles. The summed E-state index contributed by atoms with van der Waals surface area (Å²) in [5, 5.41) is 11.6. The van der Waals surface area contributed by atoms with Crippen molar-refractivity contribution in [1.29, 1.82) is 0 Å². The SMILES string of the molecule is CC(C)Cc1ccc([C@H](C)c2n[nH]c(=S)n2/N=C/c2ccc(F)cc2)cc1. The Morgan fingerprint density at radius 2 is 1.78 bits per heavy atom. The summed E-state index contributed by atoms with van der Waals surface area (Å²) < 4.78 is 15.1. The van der Waals surface area contributed by atoms with Crippen molar-refractivity contribution in [3.8, 4) is 0 Å². The average Bonchev–Trinajstić information content (AvgIpc) is 3.01. The fraction of sp³-hybridized carbons (Fsp3) is 0.286. The van der Waals surface area contributed by atoms with Gasteiger partial charge in [-0.25, -0.2) is 4.39 Å². The van der Waals surface area contributed by atoms with Crippen LogP contribution < -0.4 is 0 Å². The lowest BCUT2D eigenvalue weighted by Crippen LogP contribution is -2.06. The molecule has 1 N–H and O–H groups in total. The summed E-state index contributed by atoms with van der Waals surface area (Å²) in [6, 6.07) is 14.7. The van der Waals surface area contributed by atoms with Crippen LogP contribution in [0, 0.1) is 16.5 Å². The first-order valence-corrected chi connectivity index (χ1v) is 9.41. The lowest BCUT2D eigenvalue weighted by atomic mass is 9.96. The highest BCUT2D eigenvalue weighted by Gasteiger charge is 2.16. The number of benzene rings is 2. The van der Waals surface area contributed by atoms with Gasteiger partial charge in [0.15, 0.2) is 5.82 Å². The first-order chi connectivity index (χ1) is 12.9. The van der Waals surface area contributed by atoms with E-state index in [0.717, 1.165) is 23.4 Å². The molecule has 0 aliphatic rings. The van der Waals surface area contributed by atoms with Gasteiger partial charge in [-0.05, 0) is 53.4 Å². The van der Waals surface area contributed by atoms with Crippen LogP contribution in [0.3, 0.4) is 0 Å². The fourth-order valence-corrected chi connectivity index (χ4v) is 3.12. The van der Waals surface area contributed by atoms with Crippen LogP contribution in [0.4, 0.5) is 4.39 Å². The third kappa shape index (κ3) is 4.77. The molecule has 0 fully saturated rings. The summed E-state index contributed by atoms with van der Waals surface area (Å²) in [5.74, 6) is 1.11. The van der Waals surface area contributed by atoms with Gasteiger partial charge in [0.2, 0.25) is 4.77 Å². The Kier molecular flexibility index (Phi) is 5.96. The number of hydrogen-bond donors (Lipinski definition) is 1. The maximum Gasteiger partial charge on any atom is 0.216 e. The van der Waals surface area contributed by atoms with Gasteiger partial charge in [-0.15, -0.1) is 0 Å². The van der Waals surface area contributed by atoms with Crippen molar-refractivity contribution >= 4 is 18.4 Å². The molecule has 1 atom stereocenters. The monoisotopic (exact) mass is 382 g/mol. The Morgan fingerprint density at radius 3 is 2.41 bits per heavy atom. The lowest BCUT2D eigenvalue weighted by Gasteiger charge is -2.12. The van der Waals surface area contributed by atoms with E-state index in [0.29, 0.717) is 10.7 Å². The zero-order valence-corrected chi connectivity index (χ0v) is 16.5. The molecule has 140 valence electrons. The highest BCUT2D eigenvalue weighted by Crippen LogP contribution is 2.23. The van der Waals surface area contributed by atoms with Crippen LogP contribution >= 0.6 is 12.2 Å². The number of hydrogen-bond acceptors (Lipinski definition) is 3. The van der Waals surface area contributed by atoms with Gasteiger partial charge in [0, 0.05) is 5.92 Å². The van der Waals surface area contributed by atoms with Crippen molar-refractivity contribution in [1.82, 2.24) is 14.9 Å². The van der Waals surface area contributed by atoms with Crippen molar-refractivity contribution in [2.45, 2.75) is 33.1 Å². The quantitative estimate of drug-likeness (QED) is 0.464. The zero-order valence-electron chi connectivity index (χ0n) is 15.7. The molecule has 0 spiro atoms. The Bertz CT molecular complexity index is 969. The van der Waals surface area contributed by atoms with Crippen LogP contribution in [0.15, 0.2) is 53.6 Å². The molecule has 0 radical (unpaired) electrons. The summed E-state index contributed by atoms with van der Waals surface area (Å²) >= 11 is 5.32. The first-order valence-electron chi connectivity index (χ1n) is 9.00. The zero-order chi connectivity index (χ0) is 19.4. The van der Waals surface area contributed by atoms with Crippen LogP contribution in [0.5, 0.6) is 0 Å². The molecule has 1 aromatic heterocycles. The number of nitrogens with zero attached hydrogens (tertiary/aromatic N) is 3. The number of nitrogens with one attached hydrogen (secondary N) is 1. The van der Waals surface area contributed by atoms with Gasteiger partial charge in [-0.2, -0.15) is 14.9 Å². The third-order valence-corrected chi connectivity index (χ3v) is 4.64. The predicted molar refractivity (Wildman–Crippen MR) is 109 cm³/mol. The molecular formula is C21H23FN4S. The van der Waals surface area contributed by atoms with E-state index in [2.05, 4.69) is 60.3 Å². The summed E-state index contributed by atoms with van der Waals surface area (Å²) in [7, 11) is 0. The van der Waals surface area contributed by atoms with Crippen LogP contribution in [-0.2, 0) is 6.42 Å². The van der Waals surface area contributed by atoms with E-state index in [9.17, 15) is 4.39 Å². The molecular weight excluding hydrogens is 359 g/mol. The van der Waals surface area contributed by atoms with Gasteiger partial charge in [0.05, 0.1) is 6.21 Å². The number of aromatic amines is 1. The smallest absolute Gasteiger partial charge is 0.216 e. The summed E-state index contributed by atoms with van der Waals surface area (Å²) in [6.07, 6.45) is 2.71. The standard InChI is InChI=1S/C21H23FN4S/c1-14(2)12-16-4-8-18(9-5-16)15(3)20-24-25-21(27)26(20)23-13-17-6-10-19(22)11-7-17/h4-11,13-15H,12H2,1-3H3,(H,25,27)/b23-13+/t15-/m0/s1. The molecule has 0 unspecified atom stereocenters. The van der Waals surface area contributed by atoms with Crippen LogP contribution in [0.1, 0.15) is 49.2 Å². The van der Waals surface area contributed by atoms with Crippen molar-refractivity contribution in [2.75, 3.05) is 0 Å². The molecule has 3 aromatic rings. The summed E-state index contributed by atoms with van der Waals surface area (Å²) in [6.45, 7) is 6.51. The number of rotatable bonds is 6. The molecule has 0 bridgehead atoms. The normalized spacial score (nSPS) is 12.8. The largest absolute Gasteiger partial charge is 0.250 e. The van der Waals surface area contributed by atoms with E-state index >= 15 is 0 Å². The third-order valence-electron chi connectivity index (χ3n) is 4.38. The average molecular weight is 383 g/mol. The molecule has 0 aliphatic heterocycles. The number of halogens is 1. The van der Waals surface area contributed by atoms with Crippen LogP contribution in [0.2, 0.25) is 0 Å². The first kappa shape index (κ1) is 19.2. The van der Waals surface area contributed by atoms with Crippen LogP contribution in [-0.4, -0.2) is 21.1 Å².